The molecule has 98 valence electrons. The third kappa shape index (κ3) is 3.26. The van der Waals surface area contributed by atoms with E-state index < -0.39 is 0 Å². The van der Waals surface area contributed by atoms with Crippen LogP contribution < -0.4 is 10.1 Å². The first-order valence-corrected chi connectivity index (χ1v) is 7.40. The van der Waals surface area contributed by atoms with Crippen molar-refractivity contribution in [3.63, 3.8) is 0 Å². The van der Waals surface area contributed by atoms with Gasteiger partial charge in [0.15, 0.2) is 0 Å². The van der Waals surface area contributed by atoms with Crippen LogP contribution in [0.2, 0.25) is 0 Å². The SMILES string of the molecule is c1cc2c(cc1CCCCNC1CC1)CCCO2. The van der Waals surface area contributed by atoms with E-state index in [1.54, 1.807) is 0 Å². The Morgan fingerprint density at radius 3 is 3.06 bits per heavy atom. The van der Waals surface area contributed by atoms with Gasteiger partial charge in [-0.3, -0.25) is 0 Å². The van der Waals surface area contributed by atoms with Crippen LogP contribution >= 0.6 is 0 Å². The molecule has 0 saturated heterocycles. The Kier molecular flexibility index (Phi) is 3.84. The summed E-state index contributed by atoms with van der Waals surface area (Å²) in [5.74, 6) is 1.11. The Morgan fingerprint density at radius 1 is 1.22 bits per heavy atom. The summed E-state index contributed by atoms with van der Waals surface area (Å²) < 4.78 is 5.64. The minimum absolute atomic E-state index is 0.853. The summed E-state index contributed by atoms with van der Waals surface area (Å²) in [5.41, 5.74) is 2.89. The van der Waals surface area contributed by atoms with Crippen LogP contribution in [0.25, 0.3) is 0 Å². The molecule has 2 nitrogen and oxygen atoms in total. The van der Waals surface area contributed by atoms with Crippen molar-refractivity contribution in [3.05, 3.63) is 29.3 Å². The molecule has 0 amide bonds. The van der Waals surface area contributed by atoms with Gasteiger partial charge in [-0.15, -0.1) is 0 Å². The fourth-order valence-electron chi connectivity index (χ4n) is 2.62. The molecule has 0 radical (unpaired) electrons. The van der Waals surface area contributed by atoms with Crippen LogP contribution in [0.15, 0.2) is 18.2 Å². The number of unbranched alkanes of at least 4 members (excludes halogenated alkanes) is 1. The Hall–Kier alpha value is -1.02. The second-order valence-electron chi connectivity index (χ2n) is 5.58. The van der Waals surface area contributed by atoms with Gasteiger partial charge in [-0.2, -0.15) is 0 Å². The summed E-state index contributed by atoms with van der Waals surface area (Å²) in [6, 6.07) is 7.60. The predicted molar refractivity (Wildman–Crippen MR) is 74.2 cm³/mol. The molecule has 0 atom stereocenters. The fourth-order valence-corrected chi connectivity index (χ4v) is 2.62. The van der Waals surface area contributed by atoms with E-state index in [0.717, 1.165) is 18.4 Å². The number of ether oxygens (including phenoxy) is 1. The summed E-state index contributed by atoms with van der Waals surface area (Å²) in [6.07, 6.45) is 8.94. The first kappa shape index (κ1) is 12.0. The molecule has 1 aliphatic heterocycles. The molecule has 0 spiro atoms. The van der Waals surface area contributed by atoms with Crippen molar-refractivity contribution in [2.45, 2.75) is 51.0 Å². The molecule has 1 aromatic carbocycles. The molecule has 1 fully saturated rings. The molecule has 2 aliphatic rings. The van der Waals surface area contributed by atoms with E-state index in [1.165, 1.54) is 62.6 Å². The molecule has 1 N–H and O–H groups in total. The third-order valence-corrected chi connectivity index (χ3v) is 3.88. The van der Waals surface area contributed by atoms with E-state index in [9.17, 15) is 0 Å². The molecule has 1 saturated carbocycles. The van der Waals surface area contributed by atoms with Gasteiger partial charge in [0, 0.05) is 6.04 Å². The van der Waals surface area contributed by atoms with Crippen LogP contribution in [0, 0.1) is 0 Å². The number of hydrogen-bond acceptors (Lipinski definition) is 2. The molecule has 1 aliphatic carbocycles. The lowest BCUT2D eigenvalue weighted by Crippen LogP contribution is -2.17. The summed E-state index contributed by atoms with van der Waals surface area (Å²) in [7, 11) is 0. The molecule has 2 heteroatoms. The number of rotatable bonds is 6. The van der Waals surface area contributed by atoms with E-state index in [1.807, 2.05) is 0 Å². The lowest BCUT2D eigenvalue weighted by atomic mass is 10.0. The third-order valence-electron chi connectivity index (χ3n) is 3.88. The maximum absolute atomic E-state index is 5.64. The minimum atomic E-state index is 0.853. The zero-order chi connectivity index (χ0) is 12.2. The van der Waals surface area contributed by atoms with Gasteiger partial charge < -0.3 is 10.1 Å². The van der Waals surface area contributed by atoms with Gasteiger partial charge in [0.2, 0.25) is 0 Å². The van der Waals surface area contributed by atoms with Crippen molar-refractivity contribution in [1.29, 1.82) is 0 Å². The Balaban J connectivity index is 1.43. The lowest BCUT2D eigenvalue weighted by Gasteiger charge is -2.17. The second-order valence-corrected chi connectivity index (χ2v) is 5.58. The van der Waals surface area contributed by atoms with E-state index in [-0.39, 0.29) is 0 Å². The summed E-state index contributed by atoms with van der Waals surface area (Å²) in [4.78, 5) is 0. The van der Waals surface area contributed by atoms with E-state index in [0.29, 0.717) is 0 Å². The number of benzene rings is 1. The largest absolute Gasteiger partial charge is 0.493 e. The highest BCUT2D eigenvalue weighted by Gasteiger charge is 2.19. The highest BCUT2D eigenvalue weighted by molar-refractivity contribution is 5.38. The van der Waals surface area contributed by atoms with Crippen molar-refractivity contribution in [3.8, 4) is 5.75 Å². The fraction of sp³-hybridized carbons (Fsp3) is 0.625. The van der Waals surface area contributed by atoms with Gasteiger partial charge >= 0.3 is 0 Å². The zero-order valence-corrected chi connectivity index (χ0v) is 11.1. The first-order chi connectivity index (χ1) is 8.92. The van der Waals surface area contributed by atoms with Crippen LogP contribution in [-0.2, 0) is 12.8 Å². The Morgan fingerprint density at radius 2 is 2.17 bits per heavy atom. The van der Waals surface area contributed by atoms with Crippen LogP contribution in [0.3, 0.4) is 0 Å². The van der Waals surface area contributed by atoms with Crippen molar-refractivity contribution >= 4 is 0 Å². The summed E-state index contributed by atoms with van der Waals surface area (Å²) in [6.45, 7) is 2.08. The minimum Gasteiger partial charge on any atom is -0.493 e. The molecule has 1 aromatic rings. The van der Waals surface area contributed by atoms with Crippen molar-refractivity contribution in [1.82, 2.24) is 5.32 Å². The average Bonchev–Trinajstić information content (AvgIpc) is 3.22. The Bertz CT molecular complexity index is 398. The van der Waals surface area contributed by atoms with Crippen molar-refractivity contribution < 1.29 is 4.74 Å². The molecule has 3 rings (SSSR count). The monoisotopic (exact) mass is 245 g/mol. The van der Waals surface area contributed by atoms with Gasteiger partial charge in [0.05, 0.1) is 6.61 Å². The Labute approximate surface area is 110 Å². The molecule has 0 unspecified atom stereocenters. The lowest BCUT2D eigenvalue weighted by molar-refractivity contribution is 0.288. The molecular weight excluding hydrogens is 222 g/mol. The maximum Gasteiger partial charge on any atom is 0.122 e. The standard InChI is InChI=1S/C16H23NO/c1(2-10-17-15-7-8-15)4-13-6-9-16-14(12-13)5-3-11-18-16/h6,9,12,15,17H,1-5,7-8,10-11H2. The number of nitrogens with one attached hydrogen (secondary N) is 1. The predicted octanol–water partition coefficient (Wildman–Crippen LogP) is 3.09. The van der Waals surface area contributed by atoms with Gasteiger partial charge in [-0.1, -0.05) is 12.1 Å². The van der Waals surface area contributed by atoms with E-state index >= 15 is 0 Å². The average molecular weight is 245 g/mol. The maximum atomic E-state index is 5.64. The number of fused-ring (bicyclic) bond motifs is 1. The second kappa shape index (κ2) is 5.75. The van der Waals surface area contributed by atoms with Crippen LogP contribution in [0.4, 0.5) is 0 Å². The molecule has 0 bridgehead atoms. The van der Waals surface area contributed by atoms with Crippen LogP contribution in [0.1, 0.15) is 43.2 Å². The molecule has 0 aromatic heterocycles. The molecule has 1 heterocycles. The first-order valence-electron chi connectivity index (χ1n) is 7.40. The normalized spacial score (nSPS) is 18.2. The van der Waals surface area contributed by atoms with Crippen molar-refractivity contribution in [2.75, 3.05) is 13.2 Å². The summed E-state index contributed by atoms with van der Waals surface area (Å²) >= 11 is 0. The van der Waals surface area contributed by atoms with E-state index in [4.69, 9.17) is 4.74 Å². The van der Waals surface area contributed by atoms with Gasteiger partial charge in [0.1, 0.15) is 5.75 Å². The smallest absolute Gasteiger partial charge is 0.122 e. The highest BCUT2D eigenvalue weighted by atomic mass is 16.5. The van der Waals surface area contributed by atoms with E-state index in [2.05, 4.69) is 23.5 Å². The quantitative estimate of drug-likeness (QED) is 0.778. The van der Waals surface area contributed by atoms with Gasteiger partial charge in [-0.05, 0) is 68.7 Å². The topological polar surface area (TPSA) is 21.3 Å². The van der Waals surface area contributed by atoms with Gasteiger partial charge in [-0.25, -0.2) is 0 Å². The zero-order valence-electron chi connectivity index (χ0n) is 11.1. The number of aryl methyl sites for hydroxylation is 2. The molecular formula is C16H23NO. The van der Waals surface area contributed by atoms with Crippen LogP contribution in [0.5, 0.6) is 5.75 Å². The number of hydrogen-bond donors (Lipinski definition) is 1. The highest BCUT2D eigenvalue weighted by Crippen LogP contribution is 2.26. The van der Waals surface area contributed by atoms with Crippen LogP contribution in [-0.4, -0.2) is 19.2 Å². The van der Waals surface area contributed by atoms with Crippen molar-refractivity contribution in [2.24, 2.45) is 0 Å². The summed E-state index contributed by atoms with van der Waals surface area (Å²) in [5, 5.41) is 3.57. The molecule has 18 heavy (non-hydrogen) atoms. The van der Waals surface area contributed by atoms with Gasteiger partial charge in [0.25, 0.3) is 0 Å².